The van der Waals surface area contributed by atoms with E-state index in [0.29, 0.717) is 12.8 Å². The van der Waals surface area contributed by atoms with Crippen molar-refractivity contribution < 1.29 is 13.2 Å². The molecule has 24 heavy (non-hydrogen) atoms. The summed E-state index contributed by atoms with van der Waals surface area (Å²) in [5.74, 6) is 0.461. The molecule has 2 fully saturated rings. The van der Waals surface area contributed by atoms with Crippen molar-refractivity contribution in [3.63, 3.8) is 0 Å². The first kappa shape index (κ1) is 16.0. The minimum absolute atomic E-state index is 0.0147. The molecule has 0 aliphatic carbocycles. The number of likely N-dealkylation sites (tertiary alicyclic amines) is 1. The third-order valence-corrected chi connectivity index (χ3v) is 7.93. The smallest absolute Gasteiger partial charge is 0.223 e. The number of hydrogen-bond acceptors (Lipinski definition) is 5. The molecule has 2 saturated heterocycles. The van der Waals surface area contributed by atoms with Gasteiger partial charge in [-0.3, -0.25) is 4.79 Å². The van der Waals surface area contributed by atoms with Crippen molar-refractivity contribution in [2.24, 2.45) is 5.92 Å². The molecule has 5 nitrogen and oxygen atoms in total. The lowest BCUT2D eigenvalue weighted by Gasteiger charge is -2.24. The molecular formula is C17H20N2O3S2. The first-order valence-electron chi connectivity index (χ1n) is 8.37. The standard InChI is InChI=1S/C17H20N2O3S2/c20-16(10-12-7-9-24(21,22)11-12)19-8-3-5-14(19)17-18-13-4-1-2-6-15(13)23-17/h1-2,4,6,12,14H,3,5,7-11H2/t12-,14+/m0/s1. The number of para-hydroxylation sites is 1. The van der Waals surface area contributed by atoms with Crippen LogP contribution in [0, 0.1) is 5.92 Å². The van der Waals surface area contributed by atoms with E-state index >= 15 is 0 Å². The second-order valence-corrected chi connectivity index (χ2v) is 10.0. The number of fused-ring (bicyclic) bond motifs is 1. The number of carbonyl (C=O) groups excluding carboxylic acids is 1. The Hall–Kier alpha value is -1.47. The molecule has 0 unspecified atom stereocenters. The lowest BCUT2D eigenvalue weighted by Crippen LogP contribution is -2.32. The Bertz CT molecular complexity index is 842. The van der Waals surface area contributed by atoms with E-state index in [4.69, 9.17) is 4.98 Å². The molecule has 3 heterocycles. The molecule has 7 heteroatoms. The first-order valence-corrected chi connectivity index (χ1v) is 11.0. The average molecular weight is 364 g/mol. The summed E-state index contributed by atoms with van der Waals surface area (Å²) in [6.45, 7) is 0.749. The van der Waals surface area contributed by atoms with Crippen LogP contribution in [0.2, 0.25) is 0 Å². The zero-order valence-corrected chi connectivity index (χ0v) is 15.0. The van der Waals surface area contributed by atoms with Gasteiger partial charge in [0.05, 0.1) is 27.8 Å². The number of nitrogens with zero attached hydrogens (tertiary/aromatic N) is 2. The number of hydrogen-bond donors (Lipinski definition) is 0. The van der Waals surface area contributed by atoms with E-state index in [0.717, 1.165) is 34.6 Å². The van der Waals surface area contributed by atoms with E-state index in [2.05, 4.69) is 6.07 Å². The number of benzene rings is 1. The molecule has 1 aromatic heterocycles. The predicted molar refractivity (Wildman–Crippen MR) is 94.7 cm³/mol. The average Bonchev–Trinajstić information content (AvgIpc) is 3.24. The van der Waals surface area contributed by atoms with Gasteiger partial charge in [-0.15, -0.1) is 11.3 Å². The Morgan fingerprint density at radius 3 is 2.88 bits per heavy atom. The van der Waals surface area contributed by atoms with Crippen molar-refractivity contribution >= 4 is 37.3 Å². The molecule has 2 aliphatic heterocycles. The molecule has 0 N–H and O–H groups in total. The number of sulfone groups is 1. The van der Waals surface area contributed by atoms with E-state index in [1.807, 2.05) is 23.1 Å². The van der Waals surface area contributed by atoms with Crippen LogP contribution >= 0.6 is 11.3 Å². The third kappa shape index (κ3) is 3.07. The van der Waals surface area contributed by atoms with Crippen molar-refractivity contribution in [2.45, 2.75) is 31.7 Å². The van der Waals surface area contributed by atoms with Gasteiger partial charge in [-0.2, -0.15) is 0 Å². The fraction of sp³-hybridized carbons (Fsp3) is 0.529. The number of amides is 1. The third-order valence-electron chi connectivity index (χ3n) is 4.96. The van der Waals surface area contributed by atoms with E-state index in [-0.39, 0.29) is 29.4 Å². The van der Waals surface area contributed by atoms with Gasteiger partial charge in [-0.1, -0.05) is 12.1 Å². The summed E-state index contributed by atoms with van der Waals surface area (Å²) in [7, 11) is -2.93. The van der Waals surface area contributed by atoms with E-state index in [1.165, 1.54) is 0 Å². The van der Waals surface area contributed by atoms with Crippen molar-refractivity contribution in [3.05, 3.63) is 29.3 Å². The number of carbonyl (C=O) groups is 1. The monoisotopic (exact) mass is 364 g/mol. The maximum absolute atomic E-state index is 12.7. The van der Waals surface area contributed by atoms with Crippen LogP contribution in [-0.2, 0) is 14.6 Å². The molecular weight excluding hydrogens is 344 g/mol. The van der Waals surface area contributed by atoms with Gasteiger partial charge < -0.3 is 4.90 Å². The van der Waals surface area contributed by atoms with Crippen LogP contribution < -0.4 is 0 Å². The van der Waals surface area contributed by atoms with Crippen LogP contribution in [0.25, 0.3) is 10.2 Å². The van der Waals surface area contributed by atoms with Crippen LogP contribution in [0.4, 0.5) is 0 Å². The normalized spacial score (nSPS) is 26.2. The molecule has 0 bridgehead atoms. The topological polar surface area (TPSA) is 67.3 Å². The SMILES string of the molecule is O=C(C[C@@H]1CCS(=O)(=O)C1)N1CCC[C@@H]1c1nc2ccccc2s1. The first-order chi connectivity index (χ1) is 11.5. The minimum Gasteiger partial charge on any atom is -0.333 e. The lowest BCUT2D eigenvalue weighted by molar-refractivity contribution is -0.133. The number of rotatable bonds is 3. The van der Waals surface area contributed by atoms with Crippen LogP contribution in [0.3, 0.4) is 0 Å². The Balaban J connectivity index is 1.51. The number of aromatic nitrogens is 1. The second-order valence-electron chi connectivity index (χ2n) is 6.74. The molecule has 0 saturated carbocycles. The molecule has 2 aromatic rings. The molecule has 0 spiro atoms. The Morgan fingerprint density at radius 1 is 1.29 bits per heavy atom. The molecule has 2 aliphatic rings. The van der Waals surface area contributed by atoms with Gasteiger partial charge in [0, 0.05) is 13.0 Å². The van der Waals surface area contributed by atoms with Crippen LogP contribution in [-0.4, -0.2) is 42.3 Å². The second kappa shape index (κ2) is 6.11. The minimum atomic E-state index is -2.93. The zero-order valence-electron chi connectivity index (χ0n) is 13.3. The maximum atomic E-state index is 12.7. The highest BCUT2D eigenvalue weighted by molar-refractivity contribution is 7.91. The summed E-state index contributed by atoms with van der Waals surface area (Å²) in [5, 5.41) is 1.00. The zero-order chi connectivity index (χ0) is 16.7. The Labute approximate surface area is 145 Å². The molecule has 1 aromatic carbocycles. The largest absolute Gasteiger partial charge is 0.333 e. The predicted octanol–water partition coefficient (Wildman–Crippen LogP) is 2.78. The molecule has 4 rings (SSSR count). The van der Waals surface area contributed by atoms with Crippen LogP contribution in [0.15, 0.2) is 24.3 Å². The quantitative estimate of drug-likeness (QED) is 0.840. The summed E-state index contributed by atoms with van der Waals surface area (Å²) in [4.78, 5) is 19.3. The van der Waals surface area contributed by atoms with Gasteiger partial charge in [0.15, 0.2) is 9.84 Å². The van der Waals surface area contributed by atoms with Gasteiger partial charge >= 0.3 is 0 Å². The summed E-state index contributed by atoms with van der Waals surface area (Å²) in [5.41, 5.74) is 0.985. The molecule has 128 valence electrons. The van der Waals surface area contributed by atoms with Crippen molar-refractivity contribution in [1.82, 2.24) is 9.88 Å². The summed E-state index contributed by atoms with van der Waals surface area (Å²) in [6.07, 6.45) is 2.89. The van der Waals surface area contributed by atoms with E-state index in [1.54, 1.807) is 11.3 Å². The Kier molecular flexibility index (Phi) is 4.08. The highest BCUT2D eigenvalue weighted by atomic mass is 32.2. The Morgan fingerprint density at radius 2 is 2.12 bits per heavy atom. The van der Waals surface area contributed by atoms with Crippen molar-refractivity contribution in [1.29, 1.82) is 0 Å². The maximum Gasteiger partial charge on any atom is 0.223 e. The van der Waals surface area contributed by atoms with Crippen molar-refractivity contribution in [3.8, 4) is 0 Å². The fourth-order valence-electron chi connectivity index (χ4n) is 3.75. The van der Waals surface area contributed by atoms with Crippen LogP contribution in [0.1, 0.15) is 36.7 Å². The molecule has 1 amide bonds. The van der Waals surface area contributed by atoms with Crippen molar-refractivity contribution in [2.75, 3.05) is 18.1 Å². The highest BCUT2D eigenvalue weighted by Gasteiger charge is 2.35. The molecule has 2 atom stereocenters. The fourth-order valence-corrected chi connectivity index (χ4v) is 6.73. The van der Waals surface area contributed by atoms with Gasteiger partial charge in [0.1, 0.15) is 5.01 Å². The summed E-state index contributed by atoms with van der Waals surface area (Å²) >= 11 is 1.66. The summed E-state index contributed by atoms with van der Waals surface area (Å²) < 4.78 is 24.3. The van der Waals surface area contributed by atoms with Crippen LogP contribution in [0.5, 0.6) is 0 Å². The van der Waals surface area contributed by atoms with Gasteiger partial charge in [0.25, 0.3) is 0 Å². The van der Waals surface area contributed by atoms with Gasteiger partial charge in [0.2, 0.25) is 5.91 Å². The summed E-state index contributed by atoms with van der Waals surface area (Å²) in [6, 6.07) is 8.08. The number of thiazole rings is 1. The lowest BCUT2D eigenvalue weighted by atomic mass is 10.0. The van der Waals surface area contributed by atoms with Gasteiger partial charge in [-0.05, 0) is 37.3 Å². The van der Waals surface area contributed by atoms with E-state index in [9.17, 15) is 13.2 Å². The van der Waals surface area contributed by atoms with E-state index < -0.39 is 9.84 Å². The van der Waals surface area contributed by atoms with Gasteiger partial charge in [-0.25, -0.2) is 13.4 Å². The molecule has 0 radical (unpaired) electrons. The highest BCUT2D eigenvalue weighted by Crippen LogP contribution is 2.37.